The van der Waals surface area contributed by atoms with E-state index in [1.807, 2.05) is 42.1 Å². The minimum atomic E-state index is 0.161. The van der Waals surface area contributed by atoms with Crippen LogP contribution in [0.5, 0.6) is 0 Å². The molecule has 0 radical (unpaired) electrons. The third-order valence-corrected chi connectivity index (χ3v) is 3.76. The lowest BCUT2D eigenvalue weighted by atomic mass is 10.3. The van der Waals surface area contributed by atoms with Crippen molar-refractivity contribution in [3.8, 4) is 0 Å². The molecule has 18 heavy (non-hydrogen) atoms. The third kappa shape index (κ3) is 3.62. The number of hydrogen-bond donors (Lipinski definition) is 0. The van der Waals surface area contributed by atoms with Crippen LogP contribution in [0.1, 0.15) is 5.82 Å². The number of hydrogen-bond acceptors (Lipinski definition) is 3. The number of aromatic nitrogens is 2. The van der Waals surface area contributed by atoms with Gasteiger partial charge in [-0.15, -0.1) is 11.8 Å². The lowest BCUT2D eigenvalue weighted by Gasteiger charge is -2.02. The summed E-state index contributed by atoms with van der Waals surface area (Å²) in [5, 5.41) is 0.691. The van der Waals surface area contributed by atoms with Crippen molar-refractivity contribution in [1.82, 2.24) is 9.55 Å². The summed E-state index contributed by atoms with van der Waals surface area (Å²) in [4.78, 5) is 17.0. The second-order valence-corrected chi connectivity index (χ2v) is 5.40. The monoisotopic (exact) mass is 280 g/mol. The number of thioether (sulfide) groups is 1. The van der Waals surface area contributed by atoms with E-state index in [9.17, 15) is 4.79 Å². The highest BCUT2D eigenvalue weighted by atomic mass is 35.5. The van der Waals surface area contributed by atoms with E-state index in [1.54, 1.807) is 6.20 Å². The zero-order chi connectivity index (χ0) is 13.0. The number of carbonyl (C=O) groups is 1. The number of aryl methyl sites for hydroxylation is 1. The Bertz CT molecular complexity index is 553. The first-order valence-corrected chi connectivity index (χ1v) is 6.88. The molecule has 0 unspecified atom stereocenters. The summed E-state index contributed by atoms with van der Waals surface area (Å²) in [6.45, 7) is 0. The van der Waals surface area contributed by atoms with Crippen LogP contribution in [-0.4, -0.2) is 21.1 Å². The summed E-state index contributed by atoms with van der Waals surface area (Å²) in [6.07, 6.45) is 3.91. The number of carbonyl (C=O) groups excluding carboxylic acids is 1. The normalized spacial score (nSPS) is 10.6. The molecule has 0 saturated carbocycles. The van der Waals surface area contributed by atoms with Crippen molar-refractivity contribution in [2.45, 2.75) is 11.3 Å². The van der Waals surface area contributed by atoms with Gasteiger partial charge in [-0.3, -0.25) is 4.79 Å². The van der Waals surface area contributed by atoms with E-state index < -0.39 is 0 Å². The van der Waals surface area contributed by atoms with Crippen LogP contribution in [0.15, 0.2) is 41.6 Å². The van der Waals surface area contributed by atoms with Crippen LogP contribution in [0.25, 0.3) is 0 Å². The molecule has 0 aliphatic heterocycles. The quantitative estimate of drug-likeness (QED) is 0.790. The van der Waals surface area contributed by atoms with Gasteiger partial charge in [0.25, 0.3) is 0 Å². The van der Waals surface area contributed by atoms with Gasteiger partial charge in [-0.1, -0.05) is 17.7 Å². The number of ketones is 1. The maximum absolute atomic E-state index is 11.8. The summed E-state index contributed by atoms with van der Waals surface area (Å²) >= 11 is 7.38. The van der Waals surface area contributed by atoms with E-state index in [1.165, 1.54) is 11.8 Å². The number of imidazole rings is 1. The summed E-state index contributed by atoms with van der Waals surface area (Å²) in [5.41, 5.74) is 0. The van der Waals surface area contributed by atoms with Crippen molar-refractivity contribution in [2.24, 2.45) is 7.05 Å². The molecular weight excluding hydrogens is 268 g/mol. The molecule has 2 aromatic rings. The van der Waals surface area contributed by atoms with E-state index in [-0.39, 0.29) is 5.78 Å². The van der Waals surface area contributed by atoms with Crippen LogP contribution in [0.3, 0.4) is 0 Å². The predicted molar refractivity (Wildman–Crippen MR) is 74.1 cm³/mol. The Morgan fingerprint density at radius 2 is 2.33 bits per heavy atom. The zero-order valence-electron chi connectivity index (χ0n) is 9.97. The highest BCUT2D eigenvalue weighted by Crippen LogP contribution is 2.21. The molecule has 94 valence electrons. The molecule has 1 aromatic carbocycles. The minimum Gasteiger partial charge on any atom is -0.338 e. The molecule has 0 fully saturated rings. The van der Waals surface area contributed by atoms with E-state index in [0.717, 1.165) is 10.7 Å². The number of nitrogens with zero attached hydrogens (tertiary/aromatic N) is 2. The molecule has 0 atom stereocenters. The third-order valence-electron chi connectivity index (χ3n) is 2.47. The van der Waals surface area contributed by atoms with Gasteiger partial charge in [0, 0.05) is 29.4 Å². The van der Waals surface area contributed by atoms with Gasteiger partial charge in [0.05, 0.1) is 12.2 Å². The molecule has 5 heteroatoms. The molecule has 0 bridgehead atoms. The number of halogens is 1. The number of rotatable bonds is 5. The Balaban J connectivity index is 1.87. The van der Waals surface area contributed by atoms with Crippen LogP contribution in [-0.2, 0) is 18.3 Å². The van der Waals surface area contributed by atoms with E-state index in [0.29, 0.717) is 17.2 Å². The second-order valence-electron chi connectivity index (χ2n) is 3.92. The first-order chi connectivity index (χ1) is 8.65. The number of benzene rings is 1. The Kier molecular flexibility index (Phi) is 4.44. The highest BCUT2D eigenvalue weighted by molar-refractivity contribution is 8.00. The van der Waals surface area contributed by atoms with E-state index in [2.05, 4.69) is 4.98 Å². The maximum atomic E-state index is 11.8. The molecular formula is C13H13ClN2OS. The maximum Gasteiger partial charge on any atom is 0.150 e. The van der Waals surface area contributed by atoms with Crippen LogP contribution in [0.2, 0.25) is 5.02 Å². The highest BCUT2D eigenvalue weighted by Gasteiger charge is 2.08. The summed E-state index contributed by atoms with van der Waals surface area (Å²) in [6, 6.07) is 7.51. The zero-order valence-corrected chi connectivity index (χ0v) is 11.5. The SMILES string of the molecule is Cn1ccnc1CC(=O)CSc1cccc(Cl)c1. The Morgan fingerprint density at radius 1 is 1.50 bits per heavy atom. The van der Waals surface area contributed by atoms with Crippen LogP contribution in [0, 0.1) is 0 Å². The topological polar surface area (TPSA) is 34.9 Å². The molecule has 0 saturated heterocycles. The number of Topliss-reactive ketones (excluding diaryl/α,β-unsaturated/α-hetero) is 1. The van der Waals surface area contributed by atoms with Crippen LogP contribution in [0.4, 0.5) is 0 Å². The van der Waals surface area contributed by atoms with Gasteiger partial charge in [-0.05, 0) is 18.2 Å². The molecule has 1 heterocycles. The van der Waals surface area contributed by atoms with Gasteiger partial charge in [-0.25, -0.2) is 4.98 Å². The van der Waals surface area contributed by atoms with Crippen molar-refractivity contribution in [3.05, 3.63) is 47.5 Å². The molecule has 0 aliphatic rings. The Morgan fingerprint density at radius 3 is 3.00 bits per heavy atom. The molecule has 0 spiro atoms. The van der Waals surface area contributed by atoms with Gasteiger partial charge >= 0.3 is 0 Å². The minimum absolute atomic E-state index is 0.161. The fourth-order valence-corrected chi connectivity index (χ4v) is 2.58. The molecule has 1 aromatic heterocycles. The average molecular weight is 281 g/mol. The van der Waals surface area contributed by atoms with Crippen molar-refractivity contribution in [3.63, 3.8) is 0 Å². The summed E-state index contributed by atoms with van der Waals surface area (Å²) in [5.74, 6) is 1.40. The molecule has 0 N–H and O–H groups in total. The van der Waals surface area contributed by atoms with Gasteiger partial charge in [0.15, 0.2) is 5.78 Å². The summed E-state index contributed by atoms with van der Waals surface area (Å²) < 4.78 is 1.86. The Labute approximate surface area is 115 Å². The van der Waals surface area contributed by atoms with Crippen LogP contribution >= 0.6 is 23.4 Å². The first kappa shape index (κ1) is 13.2. The molecule has 0 aliphatic carbocycles. The summed E-state index contributed by atoms with van der Waals surface area (Å²) in [7, 11) is 1.89. The molecule has 3 nitrogen and oxygen atoms in total. The molecule has 0 amide bonds. The standard InChI is InChI=1S/C13H13ClN2OS/c1-16-6-5-15-13(16)8-11(17)9-18-12-4-2-3-10(14)7-12/h2-7H,8-9H2,1H3. The van der Waals surface area contributed by atoms with Gasteiger partial charge in [-0.2, -0.15) is 0 Å². The van der Waals surface area contributed by atoms with Gasteiger partial charge in [0.2, 0.25) is 0 Å². The van der Waals surface area contributed by atoms with Crippen molar-refractivity contribution >= 4 is 29.1 Å². The Hall–Kier alpha value is -1.26. The van der Waals surface area contributed by atoms with E-state index in [4.69, 9.17) is 11.6 Å². The molecule has 2 rings (SSSR count). The predicted octanol–water partition coefficient (Wildman–Crippen LogP) is 2.98. The fraction of sp³-hybridized carbons (Fsp3) is 0.231. The lowest BCUT2D eigenvalue weighted by Crippen LogP contribution is -2.09. The lowest BCUT2D eigenvalue weighted by molar-refractivity contribution is -0.116. The largest absolute Gasteiger partial charge is 0.338 e. The smallest absolute Gasteiger partial charge is 0.150 e. The van der Waals surface area contributed by atoms with Crippen LogP contribution < -0.4 is 0 Å². The van der Waals surface area contributed by atoms with Gasteiger partial charge < -0.3 is 4.57 Å². The van der Waals surface area contributed by atoms with Crippen molar-refractivity contribution in [2.75, 3.05) is 5.75 Å². The fourth-order valence-electron chi connectivity index (χ4n) is 1.51. The second kappa shape index (κ2) is 6.07. The van der Waals surface area contributed by atoms with Crippen molar-refractivity contribution < 1.29 is 4.79 Å². The van der Waals surface area contributed by atoms with E-state index >= 15 is 0 Å². The van der Waals surface area contributed by atoms with Gasteiger partial charge in [0.1, 0.15) is 5.82 Å². The van der Waals surface area contributed by atoms with Crippen molar-refractivity contribution in [1.29, 1.82) is 0 Å². The average Bonchev–Trinajstić information content (AvgIpc) is 2.73. The first-order valence-electron chi connectivity index (χ1n) is 5.51.